The fourth-order valence-corrected chi connectivity index (χ4v) is 4.51. The number of aromatic nitrogens is 2. The summed E-state index contributed by atoms with van der Waals surface area (Å²) in [5, 5.41) is 4.00. The van der Waals surface area contributed by atoms with E-state index in [9.17, 15) is 4.79 Å². The molecule has 4 rings (SSSR count). The van der Waals surface area contributed by atoms with Crippen LogP contribution in [-0.2, 0) is 5.75 Å². The van der Waals surface area contributed by atoms with Crippen molar-refractivity contribution in [2.24, 2.45) is 5.10 Å². The number of pyridine rings is 1. The van der Waals surface area contributed by atoms with Crippen LogP contribution in [0.5, 0.6) is 0 Å². The van der Waals surface area contributed by atoms with Crippen molar-refractivity contribution in [3.63, 3.8) is 0 Å². The molecule has 1 amide bonds. The minimum atomic E-state index is -0.284. The average Bonchev–Trinajstić information content (AvgIpc) is 3.17. The number of thiazole rings is 1. The molecule has 4 aromatic rings. The van der Waals surface area contributed by atoms with E-state index in [1.165, 1.54) is 16.5 Å². The molecular formula is C21H16N4OS2. The molecule has 0 unspecified atom stereocenters. The number of hydrogen-bond acceptors (Lipinski definition) is 6. The second-order valence-corrected chi connectivity index (χ2v) is 8.17. The molecule has 28 heavy (non-hydrogen) atoms. The zero-order valence-electron chi connectivity index (χ0n) is 14.8. The van der Waals surface area contributed by atoms with Crippen LogP contribution in [0.15, 0.2) is 82.5 Å². The fourth-order valence-electron chi connectivity index (χ4n) is 2.48. The van der Waals surface area contributed by atoms with Gasteiger partial charge in [-0.2, -0.15) is 5.10 Å². The Bertz CT molecular complexity index is 1080. The van der Waals surface area contributed by atoms with Crippen LogP contribution >= 0.6 is 23.1 Å². The predicted molar refractivity (Wildman–Crippen MR) is 115 cm³/mol. The topological polar surface area (TPSA) is 67.2 Å². The number of nitrogens with zero attached hydrogens (tertiary/aromatic N) is 3. The SMILES string of the molecule is O=C(N/N=C/c1ccc(CSc2nc3ccccc3s2)cc1)c1cccnc1. The van der Waals surface area contributed by atoms with Crippen molar-refractivity contribution in [1.82, 2.24) is 15.4 Å². The molecule has 0 fully saturated rings. The Morgan fingerprint density at radius 1 is 1.11 bits per heavy atom. The number of nitrogens with one attached hydrogen (secondary N) is 1. The number of carbonyl (C=O) groups is 1. The normalized spacial score (nSPS) is 11.1. The smallest absolute Gasteiger partial charge is 0.267 e. The summed E-state index contributed by atoms with van der Waals surface area (Å²) in [6.45, 7) is 0. The molecule has 138 valence electrons. The van der Waals surface area contributed by atoms with Crippen LogP contribution < -0.4 is 5.43 Å². The average molecular weight is 405 g/mol. The second-order valence-electron chi connectivity index (χ2n) is 5.92. The minimum Gasteiger partial charge on any atom is -0.267 e. The molecule has 0 saturated heterocycles. The van der Waals surface area contributed by atoms with E-state index in [0.29, 0.717) is 5.56 Å². The van der Waals surface area contributed by atoms with Gasteiger partial charge in [-0.05, 0) is 35.4 Å². The summed E-state index contributed by atoms with van der Waals surface area (Å²) in [5.74, 6) is 0.572. The van der Waals surface area contributed by atoms with Gasteiger partial charge in [0.1, 0.15) is 0 Å². The number of para-hydroxylation sites is 1. The van der Waals surface area contributed by atoms with Gasteiger partial charge in [0.05, 0.1) is 22.0 Å². The van der Waals surface area contributed by atoms with E-state index in [2.05, 4.69) is 38.7 Å². The van der Waals surface area contributed by atoms with E-state index in [1.54, 1.807) is 47.6 Å². The van der Waals surface area contributed by atoms with Crippen LogP contribution in [-0.4, -0.2) is 22.1 Å². The monoisotopic (exact) mass is 404 g/mol. The van der Waals surface area contributed by atoms with Gasteiger partial charge in [0.2, 0.25) is 0 Å². The van der Waals surface area contributed by atoms with Gasteiger partial charge in [0.25, 0.3) is 5.91 Å². The molecular weight excluding hydrogens is 388 g/mol. The number of hydrazone groups is 1. The van der Waals surface area contributed by atoms with E-state index in [4.69, 9.17) is 0 Å². The van der Waals surface area contributed by atoms with Crippen molar-refractivity contribution in [2.75, 3.05) is 0 Å². The molecule has 1 N–H and O–H groups in total. The van der Waals surface area contributed by atoms with Crippen molar-refractivity contribution in [1.29, 1.82) is 0 Å². The zero-order valence-corrected chi connectivity index (χ0v) is 16.4. The first-order valence-electron chi connectivity index (χ1n) is 8.59. The van der Waals surface area contributed by atoms with Crippen molar-refractivity contribution in [3.05, 3.63) is 89.7 Å². The van der Waals surface area contributed by atoms with E-state index < -0.39 is 0 Å². The van der Waals surface area contributed by atoms with Crippen LogP contribution in [0.3, 0.4) is 0 Å². The van der Waals surface area contributed by atoms with Crippen molar-refractivity contribution < 1.29 is 4.79 Å². The number of thioether (sulfide) groups is 1. The largest absolute Gasteiger partial charge is 0.272 e. The molecule has 0 spiro atoms. The lowest BCUT2D eigenvalue weighted by molar-refractivity contribution is 0.0955. The number of fused-ring (bicyclic) bond motifs is 1. The third-order valence-electron chi connectivity index (χ3n) is 3.92. The Balaban J connectivity index is 1.31. The van der Waals surface area contributed by atoms with Gasteiger partial charge >= 0.3 is 0 Å². The molecule has 0 aliphatic heterocycles. The summed E-state index contributed by atoms with van der Waals surface area (Å²) >= 11 is 3.45. The van der Waals surface area contributed by atoms with E-state index in [-0.39, 0.29) is 5.91 Å². The fraction of sp³-hybridized carbons (Fsp3) is 0.0476. The number of rotatable bonds is 6. The third kappa shape index (κ3) is 4.62. The molecule has 0 atom stereocenters. The van der Waals surface area contributed by atoms with Gasteiger partial charge in [0, 0.05) is 18.1 Å². The van der Waals surface area contributed by atoms with E-state index in [0.717, 1.165) is 21.2 Å². The Morgan fingerprint density at radius 3 is 2.75 bits per heavy atom. The molecule has 0 aliphatic carbocycles. The molecule has 2 heterocycles. The van der Waals surface area contributed by atoms with Crippen LogP contribution in [0.1, 0.15) is 21.5 Å². The Labute approximate surface area is 170 Å². The standard InChI is InChI=1S/C21H16N4OS2/c26-20(17-4-3-11-22-13-17)25-23-12-15-7-9-16(10-8-15)14-27-21-24-18-5-1-2-6-19(18)28-21/h1-13H,14H2,(H,25,26)/b23-12+. The molecule has 2 aromatic heterocycles. The van der Waals surface area contributed by atoms with Gasteiger partial charge < -0.3 is 0 Å². The Kier molecular flexibility index (Phi) is 5.75. The van der Waals surface area contributed by atoms with Crippen LogP contribution in [0, 0.1) is 0 Å². The summed E-state index contributed by atoms with van der Waals surface area (Å²) < 4.78 is 2.29. The number of amides is 1. The Morgan fingerprint density at radius 2 is 1.96 bits per heavy atom. The molecule has 0 bridgehead atoms. The van der Waals surface area contributed by atoms with Crippen molar-refractivity contribution in [3.8, 4) is 0 Å². The summed E-state index contributed by atoms with van der Waals surface area (Å²) in [6, 6.07) is 19.7. The first-order chi connectivity index (χ1) is 13.8. The third-order valence-corrected chi connectivity index (χ3v) is 6.17. The highest BCUT2D eigenvalue weighted by Gasteiger charge is 2.05. The Hall–Kier alpha value is -3.03. The number of hydrogen-bond donors (Lipinski definition) is 1. The molecule has 2 aromatic carbocycles. The molecule has 0 radical (unpaired) electrons. The molecule has 0 saturated carbocycles. The minimum absolute atomic E-state index is 0.284. The van der Waals surface area contributed by atoms with Gasteiger partial charge in [-0.3, -0.25) is 9.78 Å². The quantitative estimate of drug-likeness (QED) is 0.286. The lowest BCUT2D eigenvalue weighted by atomic mass is 10.2. The number of benzene rings is 2. The summed E-state index contributed by atoms with van der Waals surface area (Å²) in [7, 11) is 0. The van der Waals surface area contributed by atoms with Crippen LogP contribution in [0.2, 0.25) is 0 Å². The highest BCUT2D eigenvalue weighted by molar-refractivity contribution is 8.00. The molecule has 0 aliphatic rings. The maximum absolute atomic E-state index is 11.9. The molecule has 5 nitrogen and oxygen atoms in total. The zero-order chi connectivity index (χ0) is 19.2. The highest BCUT2D eigenvalue weighted by atomic mass is 32.2. The highest BCUT2D eigenvalue weighted by Crippen LogP contribution is 2.31. The van der Waals surface area contributed by atoms with E-state index >= 15 is 0 Å². The van der Waals surface area contributed by atoms with Crippen molar-refractivity contribution in [2.45, 2.75) is 10.1 Å². The summed E-state index contributed by atoms with van der Waals surface area (Å²) in [5.41, 5.74) is 6.15. The van der Waals surface area contributed by atoms with Gasteiger partial charge in [-0.1, -0.05) is 48.2 Å². The maximum Gasteiger partial charge on any atom is 0.272 e. The summed E-state index contributed by atoms with van der Waals surface area (Å²) in [6.07, 6.45) is 4.75. The predicted octanol–water partition coefficient (Wildman–Crippen LogP) is 4.75. The van der Waals surface area contributed by atoms with Crippen LogP contribution in [0.4, 0.5) is 0 Å². The lowest BCUT2D eigenvalue weighted by Gasteiger charge is -2.01. The first-order valence-corrected chi connectivity index (χ1v) is 10.4. The van der Waals surface area contributed by atoms with Gasteiger partial charge in [-0.25, -0.2) is 10.4 Å². The number of carbonyl (C=O) groups excluding carboxylic acids is 1. The van der Waals surface area contributed by atoms with Gasteiger partial charge in [0.15, 0.2) is 4.34 Å². The maximum atomic E-state index is 11.9. The van der Waals surface area contributed by atoms with Crippen molar-refractivity contribution >= 4 is 45.4 Å². The van der Waals surface area contributed by atoms with E-state index in [1.807, 2.05) is 30.3 Å². The van der Waals surface area contributed by atoms with Crippen LogP contribution in [0.25, 0.3) is 10.2 Å². The lowest BCUT2D eigenvalue weighted by Crippen LogP contribution is -2.17. The summed E-state index contributed by atoms with van der Waals surface area (Å²) in [4.78, 5) is 20.5. The molecule has 7 heteroatoms. The second kappa shape index (κ2) is 8.77. The van der Waals surface area contributed by atoms with Gasteiger partial charge in [-0.15, -0.1) is 11.3 Å². The first kappa shape index (κ1) is 18.3.